The molecule has 0 spiro atoms. The van der Waals surface area contributed by atoms with Crippen molar-refractivity contribution < 1.29 is 0 Å². The molecule has 1 aliphatic carbocycles. The highest BCUT2D eigenvalue weighted by molar-refractivity contribution is 6.30. The van der Waals surface area contributed by atoms with Crippen LogP contribution in [0.2, 0.25) is 5.02 Å². The van der Waals surface area contributed by atoms with Crippen molar-refractivity contribution in [2.45, 2.75) is 25.8 Å². The molecular formula is C19H15ClN6. The van der Waals surface area contributed by atoms with E-state index < -0.39 is 0 Å². The molecule has 3 aromatic rings. The average molecular weight is 363 g/mol. The zero-order valence-corrected chi connectivity index (χ0v) is 14.8. The lowest BCUT2D eigenvalue weighted by Crippen LogP contribution is -2.21. The molecule has 6 nitrogen and oxygen atoms in total. The number of benzene rings is 1. The first-order valence-corrected chi connectivity index (χ1v) is 8.59. The molecule has 2 aromatic heterocycles. The van der Waals surface area contributed by atoms with Crippen LogP contribution >= 0.6 is 11.6 Å². The zero-order chi connectivity index (χ0) is 18.1. The van der Waals surface area contributed by atoms with E-state index in [4.69, 9.17) is 11.6 Å². The number of aromatic nitrogens is 4. The van der Waals surface area contributed by atoms with Crippen molar-refractivity contribution in [3.05, 3.63) is 64.3 Å². The Labute approximate surface area is 155 Å². The Morgan fingerprint density at radius 2 is 1.88 bits per heavy atom. The topological polar surface area (TPSA) is 87.4 Å². The Kier molecular flexibility index (Phi) is 4.23. The van der Waals surface area contributed by atoms with Crippen LogP contribution in [-0.2, 0) is 12.8 Å². The number of nitriles is 1. The summed E-state index contributed by atoms with van der Waals surface area (Å²) >= 11 is 6.09. The normalized spacial score (nSPS) is 15.3. The summed E-state index contributed by atoms with van der Waals surface area (Å²) < 4.78 is 0. The third-order valence-corrected chi connectivity index (χ3v) is 4.62. The van der Waals surface area contributed by atoms with E-state index in [0.717, 1.165) is 40.9 Å². The maximum atomic E-state index is 9.29. The summed E-state index contributed by atoms with van der Waals surface area (Å²) in [4.78, 5) is 17.3. The van der Waals surface area contributed by atoms with E-state index in [0.29, 0.717) is 16.5 Å². The lowest BCUT2D eigenvalue weighted by atomic mass is 10.0. The summed E-state index contributed by atoms with van der Waals surface area (Å²) in [6.45, 7) is 1.89. The molecule has 1 unspecified atom stereocenters. The highest BCUT2D eigenvalue weighted by atomic mass is 35.5. The standard InChI is InChI=1S/C19H15ClN6/c1-11-7-23-18(10-22-11)14-8-24-19(25-9-14)26-16-4-12-2-15(20)3-13(6-21)17(12)5-16/h2-3,7-10,16H,4-5H2,1H3,(H,24,25,26). The van der Waals surface area contributed by atoms with E-state index >= 15 is 0 Å². The van der Waals surface area contributed by atoms with E-state index in [-0.39, 0.29) is 6.04 Å². The van der Waals surface area contributed by atoms with Gasteiger partial charge in [-0.25, -0.2) is 9.97 Å². The third kappa shape index (κ3) is 3.22. The number of halogens is 1. The summed E-state index contributed by atoms with van der Waals surface area (Å²) in [5.41, 5.74) is 5.23. The minimum Gasteiger partial charge on any atom is -0.351 e. The lowest BCUT2D eigenvalue weighted by Gasteiger charge is -2.11. The van der Waals surface area contributed by atoms with Gasteiger partial charge in [-0.3, -0.25) is 9.97 Å². The monoisotopic (exact) mass is 362 g/mol. The number of nitrogens with one attached hydrogen (secondary N) is 1. The third-order valence-electron chi connectivity index (χ3n) is 4.41. The maximum absolute atomic E-state index is 9.29. The van der Waals surface area contributed by atoms with Gasteiger partial charge in [-0.2, -0.15) is 5.26 Å². The van der Waals surface area contributed by atoms with Crippen LogP contribution in [0.5, 0.6) is 0 Å². The van der Waals surface area contributed by atoms with Crippen molar-refractivity contribution in [3.8, 4) is 17.3 Å². The summed E-state index contributed by atoms with van der Waals surface area (Å²) in [6.07, 6.45) is 8.43. The van der Waals surface area contributed by atoms with E-state index in [1.807, 2.05) is 13.0 Å². The molecule has 0 bridgehead atoms. The molecule has 1 N–H and O–H groups in total. The van der Waals surface area contributed by atoms with Crippen molar-refractivity contribution in [2.24, 2.45) is 0 Å². The summed E-state index contributed by atoms with van der Waals surface area (Å²) in [5.74, 6) is 0.552. The Bertz CT molecular complexity index is 992. The number of hydrogen-bond donors (Lipinski definition) is 1. The number of fused-ring (bicyclic) bond motifs is 1. The molecule has 4 rings (SSSR count). The van der Waals surface area contributed by atoms with Crippen LogP contribution in [0.15, 0.2) is 36.9 Å². The zero-order valence-electron chi connectivity index (χ0n) is 14.1. The first-order valence-electron chi connectivity index (χ1n) is 8.21. The average Bonchev–Trinajstić information content (AvgIpc) is 3.04. The van der Waals surface area contributed by atoms with Gasteiger partial charge in [0.05, 0.1) is 29.2 Å². The molecule has 0 radical (unpaired) electrons. The van der Waals surface area contributed by atoms with Gasteiger partial charge in [-0.05, 0) is 43.0 Å². The van der Waals surface area contributed by atoms with Gasteiger partial charge in [0.15, 0.2) is 0 Å². The highest BCUT2D eigenvalue weighted by Gasteiger charge is 2.25. The summed E-state index contributed by atoms with van der Waals surface area (Å²) in [7, 11) is 0. The number of anilines is 1. The predicted octanol–water partition coefficient (Wildman–Crippen LogP) is 3.35. The van der Waals surface area contributed by atoms with Crippen molar-refractivity contribution in [2.75, 3.05) is 5.32 Å². The SMILES string of the molecule is Cc1cnc(-c2cnc(NC3Cc4cc(Cl)cc(C#N)c4C3)nc2)cn1. The van der Waals surface area contributed by atoms with Gasteiger partial charge in [-0.15, -0.1) is 0 Å². The Balaban J connectivity index is 1.49. The van der Waals surface area contributed by atoms with Gasteiger partial charge >= 0.3 is 0 Å². The molecule has 1 aromatic carbocycles. The maximum Gasteiger partial charge on any atom is 0.222 e. The largest absolute Gasteiger partial charge is 0.351 e. The number of rotatable bonds is 3. The van der Waals surface area contributed by atoms with Gasteiger partial charge < -0.3 is 5.32 Å². The van der Waals surface area contributed by atoms with Gasteiger partial charge in [0, 0.05) is 35.2 Å². The predicted molar refractivity (Wildman–Crippen MR) is 98.8 cm³/mol. The first kappa shape index (κ1) is 16.4. The molecule has 7 heteroatoms. The minimum absolute atomic E-state index is 0.139. The molecule has 1 aliphatic rings. The quantitative estimate of drug-likeness (QED) is 0.768. The van der Waals surface area contributed by atoms with E-state index in [1.54, 1.807) is 30.9 Å². The molecular weight excluding hydrogens is 348 g/mol. The molecule has 1 atom stereocenters. The molecule has 0 saturated carbocycles. The Hall–Kier alpha value is -3.04. The second-order valence-corrected chi connectivity index (χ2v) is 6.73. The Morgan fingerprint density at radius 1 is 1.08 bits per heavy atom. The van der Waals surface area contributed by atoms with Crippen LogP contribution in [0.4, 0.5) is 5.95 Å². The van der Waals surface area contributed by atoms with Crippen LogP contribution < -0.4 is 5.32 Å². The molecule has 26 heavy (non-hydrogen) atoms. The van der Waals surface area contributed by atoms with Gasteiger partial charge in [0.1, 0.15) is 0 Å². The van der Waals surface area contributed by atoms with Gasteiger partial charge in [0.25, 0.3) is 0 Å². The molecule has 0 aliphatic heterocycles. The van der Waals surface area contributed by atoms with E-state index in [2.05, 4.69) is 31.3 Å². The van der Waals surface area contributed by atoms with Crippen LogP contribution in [0.1, 0.15) is 22.4 Å². The van der Waals surface area contributed by atoms with Crippen molar-refractivity contribution in [3.63, 3.8) is 0 Å². The number of nitrogens with zero attached hydrogens (tertiary/aromatic N) is 5. The molecule has 0 amide bonds. The van der Waals surface area contributed by atoms with Gasteiger partial charge in [0.2, 0.25) is 5.95 Å². The molecule has 0 saturated heterocycles. The van der Waals surface area contributed by atoms with Crippen LogP contribution in [0.25, 0.3) is 11.3 Å². The highest BCUT2D eigenvalue weighted by Crippen LogP contribution is 2.30. The molecule has 128 valence electrons. The fourth-order valence-electron chi connectivity index (χ4n) is 3.16. The minimum atomic E-state index is 0.139. The first-order chi connectivity index (χ1) is 12.6. The van der Waals surface area contributed by atoms with Crippen LogP contribution in [-0.4, -0.2) is 26.0 Å². The lowest BCUT2D eigenvalue weighted by molar-refractivity contribution is 0.761. The second-order valence-electron chi connectivity index (χ2n) is 6.29. The van der Waals surface area contributed by atoms with Crippen LogP contribution in [0.3, 0.4) is 0 Å². The van der Waals surface area contributed by atoms with Crippen molar-refractivity contribution in [1.82, 2.24) is 19.9 Å². The van der Waals surface area contributed by atoms with Crippen molar-refractivity contribution >= 4 is 17.5 Å². The number of aryl methyl sites for hydroxylation is 1. The van der Waals surface area contributed by atoms with Crippen LogP contribution in [0, 0.1) is 18.3 Å². The van der Waals surface area contributed by atoms with Gasteiger partial charge in [-0.1, -0.05) is 11.6 Å². The van der Waals surface area contributed by atoms with Crippen molar-refractivity contribution in [1.29, 1.82) is 5.26 Å². The molecule has 0 fully saturated rings. The fourth-order valence-corrected chi connectivity index (χ4v) is 3.40. The fraction of sp³-hybridized carbons (Fsp3) is 0.211. The second kappa shape index (κ2) is 6.70. The summed E-state index contributed by atoms with van der Waals surface area (Å²) in [6, 6.07) is 6.01. The smallest absolute Gasteiger partial charge is 0.222 e. The van der Waals surface area contributed by atoms with E-state index in [1.165, 1.54) is 0 Å². The summed E-state index contributed by atoms with van der Waals surface area (Å²) in [5, 5.41) is 13.2. The number of hydrogen-bond acceptors (Lipinski definition) is 6. The molecule has 2 heterocycles. The van der Waals surface area contributed by atoms with E-state index in [9.17, 15) is 5.26 Å². The Morgan fingerprint density at radius 3 is 2.58 bits per heavy atom.